The molecule has 0 saturated heterocycles. The van der Waals surface area contributed by atoms with Gasteiger partial charge in [-0.1, -0.05) is 100 Å². The van der Waals surface area contributed by atoms with E-state index in [-0.39, 0.29) is 0 Å². The molecule has 0 amide bonds. The van der Waals surface area contributed by atoms with Crippen molar-refractivity contribution < 1.29 is 8.78 Å². The molecular weight excluding hydrogens is 374 g/mol. The number of aryl methyl sites for hydroxylation is 2. The molecule has 0 atom stereocenters. The molecule has 0 fully saturated rings. The molecular formula is C28H32F2. The summed E-state index contributed by atoms with van der Waals surface area (Å²) in [6.07, 6.45) is 8.41. The molecule has 0 bridgehead atoms. The third-order valence-corrected chi connectivity index (χ3v) is 5.76. The van der Waals surface area contributed by atoms with Crippen LogP contribution in [0.25, 0.3) is 22.3 Å². The molecule has 0 aromatic heterocycles. The van der Waals surface area contributed by atoms with Gasteiger partial charge in [0.05, 0.1) is 0 Å². The molecule has 158 valence electrons. The van der Waals surface area contributed by atoms with E-state index >= 15 is 0 Å². The number of benzene rings is 3. The first-order valence-corrected chi connectivity index (χ1v) is 11.3. The van der Waals surface area contributed by atoms with Crippen LogP contribution in [0, 0.1) is 11.6 Å². The smallest absolute Gasteiger partial charge is 0.166 e. The van der Waals surface area contributed by atoms with E-state index < -0.39 is 11.6 Å². The Bertz CT molecular complexity index is 924. The van der Waals surface area contributed by atoms with Gasteiger partial charge in [0, 0.05) is 5.56 Å². The molecule has 0 unspecified atom stereocenters. The summed E-state index contributed by atoms with van der Waals surface area (Å²) in [6, 6.07) is 19.8. The SMILES string of the molecule is CCCCCc1ccc(-c2ccc(-c3ccc(CCCCC)c(F)c3F)cc2)cc1. The second-order valence-corrected chi connectivity index (χ2v) is 8.09. The van der Waals surface area contributed by atoms with Crippen molar-refractivity contribution in [3.63, 3.8) is 0 Å². The minimum Gasteiger partial charge on any atom is -0.203 e. The van der Waals surface area contributed by atoms with Crippen LogP contribution in [0.15, 0.2) is 60.7 Å². The second-order valence-electron chi connectivity index (χ2n) is 8.09. The highest BCUT2D eigenvalue weighted by molar-refractivity contribution is 5.71. The Hall–Kier alpha value is -2.48. The maximum atomic E-state index is 14.7. The first kappa shape index (κ1) is 22.2. The molecule has 0 nitrogen and oxygen atoms in total. The van der Waals surface area contributed by atoms with E-state index in [4.69, 9.17) is 0 Å². The Labute approximate surface area is 180 Å². The van der Waals surface area contributed by atoms with Gasteiger partial charge >= 0.3 is 0 Å². The lowest BCUT2D eigenvalue weighted by Crippen LogP contribution is -1.97. The standard InChI is InChI=1S/C28H32F2/c1-3-5-7-9-21-11-13-22(14-12-21)23-15-17-24(18-16-23)26-20-19-25(10-8-6-4-2)27(29)28(26)30/h11-20H,3-10H2,1-2H3. The first-order valence-electron chi connectivity index (χ1n) is 11.3. The summed E-state index contributed by atoms with van der Waals surface area (Å²) in [5.74, 6) is -1.44. The summed E-state index contributed by atoms with van der Waals surface area (Å²) in [5.41, 5.74) is 5.08. The Morgan fingerprint density at radius 3 is 1.67 bits per heavy atom. The van der Waals surface area contributed by atoms with Gasteiger partial charge in [0.25, 0.3) is 0 Å². The molecule has 0 N–H and O–H groups in total. The summed E-state index contributed by atoms with van der Waals surface area (Å²) in [6.45, 7) is 4.32. The first-order chi connectivity index (χ1) is 14.6. The molecule has 0 aliphatic carbocycles. The van der Waals surface area contributed by atoms with Crippen molar-refractivity contribution in [3.8, 4) is 22.3 Å². The van der Waals surface area contributed by atoms with Gasteiger partial charge in [0.15, 0.2) is 11.6 Å². The number of halogens is 2. The summed E-state index contributed by atoms with van der Waals surface area (Å²) in [4.78, 5) is 0. The highest BCUT2D eigenvalue weighted by Crippen LogP contribution is 2.29. The molecule has 0 spiro atoms. The molecule has 0 heterocycles. The van der Waals surface area contributed by atoms with Gasteiger partial charge in [-0.2, -0.15) is 0 Å². The van der Waals surface area contributed by atoms with E-state index in [0.29, 0.717) is 23.1 Å². The van der Waals surface area contributed by atoms with Crippen LogP contribution in [0.2, 0.25) is 0 Å². The van der Waals surface area contributed by atoms with Gasteiger partial charge in [-0.15, -0.1) is 0 Å². The van der Waals surface area contributed by atoms with Crippen LogP contribution in [-0.4, -0.2) is 0 Å². The minimum atomic E-state index is -0.742. The average Bonchev–Trinajstić information content (AvgIpc) is 2.78. The Morgan fingerprint density at radius 2 is 1.07 bits per heavy atom. The Kier molecular flexibility index (Phi) is 8.19. The van der Waals surface area contributed by atoms with Crippen molar-refractivity contribution in [2.24, 2.45) is 0 Å². The maximum absolute atomic E-state index is 14.7. The van der Waals surface area contributed by atoms with Crippen molar-refractivity contribution in [2.45, 2.75) is 65.2 Å². The lowest BCUT2D eigenvalue weighted by atomic mass is 9.97. The molecule has 3 aromatic carbocycles. The molecule has 0 radical (unpaired) electrons. The van der Waals surface area contributed by atoms with Crippen molar-refractivity contribution in [1.82, 2.24) is 0 Å². The van der Waals surface area contributed by atoms with Crippen LogP contribution in [0.1, 0.15) is 63.5 Å². The van der Waals surface area contributed by atoms with E-state index in [1.807, 2.05) is 24.3 Å². The maximum Gasteiger partial charge on any atom is 0.166 e. The number of hydrogen-bond acceptors (Lipinski definition) is 0. The van der Waals surface area contributed by atoms with Gasteiger partial charge in [0.1, 0.15) is 0 Å². The molecule has 30 heavy (non-hydrogen) atoms. The van der Waals surface area contributed by atoms with Crippen molar-refractivity contribution in [2.75, 3.05) is 0 Å². The zero-order valence-electron chi connectivity index (χ0n) is 18.2. The van der Waals surface area contributed by atoms with Gasteiger partial charge in [0.2, 0.25) is 0 Å². The normalized spacial score (nSPS) is 11.1. The third kappa shape index (κ3) is 5.56. The zero-order valence-corrected chi connectivity index (χ0v) is 18.2. The predicted octanol–water partition coefficient (Wildman–Crippen LogP) is 8.76. The van der Waals surface area contributed by atoms with Crippen LogP contribution in [0.5, 0.6) is 0 Å². The molecule has 0 aliphatic heterocycles. The molecule has 3 rings (SSSR count). The number of hydrogen-bond donors (Lipinski definition) is 0. The second kappa shape index (κ2) is 11.1. The fourth-order valence-electron chi connectivity index (χ4n) is 3.86. The van der Waals surface area contributed by atoms with Crippen molar-refractivity contribution in [1.29, 1.82) is 0 Å². The molecule has 0 aliphatic rings. The predicted molar refractivity (Wildman–Crippen MR) is 124 cm³/mol. The number of rotatable bonds is 10. The monoisotopic (exact) mass is 406 g/mol. The van der Waals surface area contributed by atoms with E-state index in [0.717, 1.165) is 36.8 Å². The zero-order chi connectivity index (χ0) is 21.3. The van der Waals surface area contributed by atoms with E-state index in [2.05, 4.69) is 38.1 Å². The molecule has 3 aromatic rings. The van der Waals surface area contributed by atoms with Gasteiger partial charge in [-0.25, -0.2) is 8.78 Å². The highest BCUT2D eigenvalue weighted by Gasteiger charge is 2.14. The molecule has 0 saturated carbocycles. The van der Waals surface area contributed by atoms with Crippen molar-refractivity contribution >= 4 is 0 Å². The number of unbranched alkanes of at least 4 members (excludes halogenated alkanes) is 4. The lowest BCUT2D eigenvalue weighted by molar-refractivity contribution is 0.498. The topological polar surface area (TPSA) is 0 Å². The fourth-order valence-corrected chi connectivity index (χ4v) is 3.86. The van der Waals surface area contributed by atoms with Crippen LogP contribution >= 0.6 is 0 Å². The third-order valence-electron chi connectivity index (χ3n) is 5.76. The highest BCUT2D eigenvalue weighted by atomic mass is 19.2. The Balaban J connectivity index is 1.73. The van der Waals surface area contributed by atoms with Gasteiger partial charge in [-0.05, 0) is 53.5 Å². The summed E-state index contributed by atoms with van der Waals surface area (Å²) in [7, 11) is 0. The van der Waals surface area contributed by atoms with Crippen molar-refractivity contribution in [3.05, 3.63) is 83.4 Å². The summed E-state index contributed by atoms with van der Waals surface area (Å²) in [5, 5.41) is 0. The largest absolute Gasteiger partial charge is 0.203 e. The summed E-state index contributed by atoms with van der Waals surface area (Å²) < 4.78 is 29.2. The Morgan fingerprint density at radius 1 is 0.533 bits per heavy atom. The van der Waals surface area contributed by atoms with E-state index in [1.165, 1.54) is 24.8 Å². The lowest BCUT2D eigenvalue weighted by Gasteiger charge is -2.10. The van der Waals surface area contributed by atoms with Crippen LogP contribution in [-0.2, 0) is 12.8 Å². The quantitative estimate of drug-likeness (QED) is 0.295. The van der Waals surface area contributed by atoms with Crippen LogP contribution < -0.4 is 0 Å². The molecule has 2 heteroatoms. The fraction of sp³-hybridized carbons (Fsp3) is 0.357. The van der Waals surface area contributed by atoms with E-state index in [1.54, 1.807) is 12.1 Å². The van der Waals surface area contributed by atoms with Crippen LogP contribution in [0.3, 0.4) is 0 Å². The van der Waals surface area contributed by atoms with Crippen LogP contribution in [0.4, 0.5) is 8.78 Å². The average molecular weight is 407 g/mol. The van der Waals surface area contributed by atoms with Gasteiger partial charge in [-0.3, -0.25) is 0 Å². The summed E-state index contributed by atoms with van der Waals surface area (Å²) >= 11 is 0. The minimum absolute atomic E-state index is 0.324. The van der Waals surface area contributed by atoms with Gasteiger partial charge < -0.3 is 0 Å². The van der Waals surface area contributed by atoms with E-state index in [9.17, 15) is 8.78 Å².